The number of rotatable bonds is 9. The number of hydrogen-bond donors (Lipinski definition) is 2. The van der Waals surface area contributed by atoms with Crippen LogP contribution in [0, 0.1) is 0 Å². The molecule has 3 aromatic carbocycles. The molecule has 0 radical (unpaired) electrons. The summed E-state index contributed by atoms with van der Waals surface area (Å²) in [7, 11) is 0. The summed E-state index contributed by atoms with van der Waals surface area (Å²) in [6.07, 6.45) is 1.43. The molecule has 2 amide bonds. The Morgan fingerprint density at radius 3 is 2.20 bits per heavy atom. The van der Waals surface area contributed by atoms with Crippen LogP contribution in [0.15, 0.2) is 83.4 Å². The monoisotopic (exact) mass is 528 g/mol. The topological polar surface area (TPSA) is 84.5 Å². The van der Waals surface area contributed by atoms with Gasteiger partial charge < -0.3 is 15.4 Å². The molecule has 0 aliphatic heterocycles. The van der Waals surface area contributed by atoms with Gasteiger partial charge in [0.2, 0.25) is 0 Å². The van der Waals surface area contributed by atoms with Crippen LogP contribution in [0.5, 0.6) is 0 Å². The number of thioether (sulfide) groups is 1. The molecule has 3 rings (SSSR count). The van der Waals surface area contributed by atoms with Gasteiger partial charge in [0.05, 0.1) is 12.4 Å². The van der Waals surface area contributed by atoms with Gasteiger partial charge in [0.25, 0.3) is 11.8 Å². The summed E-state index contributed by atoms with van der Waals surface area (Å²) in [6, 6.07) is 20.4. The first-order valence-electron chi connectivity index (χ1n) is 10.6. The van der Waals surface area contributed by atoms with Gasteiger partial charge in [0.1, 0.15) is 5.70 Å². The average molecular weight is 529 g/mol. The van der Waals surface area contributed by atoms with Crippen molar-refractivity contribution in [2.75, 3.05) is 17.7 Å². The molecule has 0 spiro atoms. The zero-order valence-electron chi connectivity index (χ0n) is 18.7. The second-order valence-corrected chi connectivity index (χ2v) is 8.95. The highest BCUT2D eigenvalue weighted by Crippen LogP contribution is 2.27. The number of nitrogens with one attached hydrogen (secondary N) is 2. The molecule has 0 unspecified atom stereocenters. The molecule has 3 aromatic rings. The van der Waals surface area contributed by atoms with Crippen molar-refractivity contribution >= 4 is 64.5 Å². The van der Waals surface area contributed by atoms with E-state index in [1.165, 1.54) is 17.8 Å². The average Bonchev–Trinajstić information content (AvgIpc) is 2.85. The van der Waals surface area contributed by atoms with E-state index in [1.54, 1.807) is 79.7 Å². The number of hydrogen-bond acceptors (Lipinski definition) is 5. The molecule has 180 valence electrons. The Bertz CT molecular complexity index is 1210. The lowest BCUT2D eigenvalue weighted by atomic mass is 10.1. The van der Waals surface area contributed by atoms with Crippen molar-refractivity contribution in [2.45, 2.75) is 11.8 Å². The summed E-state index contributed by atoms with van der Waals surface area (Å²) in [5, 5.41) is 6.08. The molecule has 0 saturated heterocycles. The molecule has 35 heavy (non-hydrogen) atoms. The number of carbonyl (C=O) groups is 3. The van der Waals surface area contributed by atoms with E-state index in [1.807, 2.05) is 0 Å². The van der Waals surface area contributed by atoms with Gasteiger partial charge in [-0.15, -0.1) is 11.8 Å². The third-order valence-corrected chi connectivity index (χ3v) is 6.24. The van der Waals surface area contributed by atoms with E-state index in [-0.39, 0.29) is 17.4 Å². The molecule has 2 N–H and O–H groups in total. The maximum atomic E-state index is 13.1. The molecule has 0 fully saturated rings. The Morgan fingerprint density at radius 1 is 0.914 bits per heavy atom. The lowest BCUT2D eigenvalue weighted by molar-refractivity contribution is -0.139. The molecule has 6 nitrogen and oxygen atoms in total. The number of anilines is 1. The SMILES string of the molecule is CCOC(=O)CSc1ccc(NC(=O)/C(=C/c2c(Cl)cccc2Cl)NC(=O)c2ccccc2)cc1. The van der Waals surface area contributed by atoms with Gasteiger partial charge in [-0.05, 0) is 61.5 Å². The van der Waals surface area contributed by atoms with Crippen LogP contribution in [-0.2, 0) is 14.3 Å². The van der Waals surface area contributed by atoms with Crippen LogP contribution < -0.4 is 10.6 Å². The third kappa shape index (κ3) is 7.89. The fraction of sp³-hybridized carbons (Fsp3) is 0.115. The maximum absolute atomic E-state index is 13.1. The van der Waals surface area contributed by atoms with Crippen LogP contribution in [0.2, 0.25) is 10.0 Å². The van der Waals surface area contributed by atoms with E-state index in [0.717, 1.165) is 4.90 Å². The van der Waals surface area contributed by atoms with Crippen LogP contribution in [0.3, 0.4) is 0 Å². The van der Waals surface area contributed by atoms with E-state index < -0.39 is 11.8 Å². The minimum absolute atomic E-state index is 0.0328. The fourth-order valence-electron chi connectivity index (χ4n) is 2.91. The number of esters is 1. The summed E-state index contributed by atoms with van der Waals surface area (Å²) in [5.74, 6) is -1.12. The van der Waals surface area contributed by atoms with Crippen LogP contribution in [0.4, 0.5) is 5.69 Å². The summed E-state index contributed by atoms with van der Waals surface area (Å²) < 4.78 is 4.92. The predicted octanol–water partition coefficient (Wildman–Crippen LogP) is 6.06. The Morgan fingerprint density at radius 2 is 1.57 bits per heavy atom. The van der Waals surface area contributed by atoms with Gasteiger partial charge in [-0.1, -0.05) is 47.5 Å². The minimum Gasteiger partial charge on any atom is -0.465 e. The lowest BCUT2D eigenvalue weighted by Gasteiger charge is -2.13. The van der Waals surface area contributed by atoms with Gasteiger partial charge >= 0.3 is 5.97 Å². The van der Waals surface area contributed by atoms with Crippen molar-refractivity contribution in [2.24, 2.45) is 0 Å². The summed E-state index contributed by atoms with van der Waals surface area (Å²) in [5.41, 5.74) is 1.26. The maximum Gasteiger partial charge on any atom is 0.316 e. The highest BCUT2D eigenvalue weighted by Gasteiger charge is 2.17. The Balaban J connectivity index is 1.79. The highest BCUT2D eigenvalue weighted by molar-refractivity contribution is 8.00. The number of amides is 2. The highest BCUT2D eigenvalue weighted by atomic mass is 35.5. The van der Waals surface area contributed by atoms with Crippen LogP contribution in [0.1, 0.15) is 22.8 Å². The molecule has 0 saturated carbocycles. The summed E-state index contributed by atoms with van der Waals surface area (Å²) >= 11 is 13.9. The fourth-order valence-corrected chi connectivity index (χ4v) is 4.12. The number of benzene rings is 3. The van der Waals surface area contributed by atoms with E-state index in [0.29, 0.717) is 33.5 Å². The van der Waals surface area contributed by atoms with Crippen molar-refractivity contribution in [3.05, 3.63) is 99.7 Å². The van der Waals surface area contributed by atoms with E-state index in [9.17, 15) is 14.4 Å². The van der Waals surface area contributed by atoms with Gasteiger partial charge in [0, 0.05) is 31.8 Å². The second kappa shape index (κ2) is 13.0. The summed E-state index contributed by atoms with van der Waals surface area (Å²) in [6.45, 7) is 2.09. The second-order valence-electron chi connectivity index (χ2n) is 7.09. The first-order valence-corrected chi connectivity index (χ1v) is 12.3. The zero-order chi connectivity index (χ0) is 25.2. The van der Waals surface area contributed by atoms with E-state index in [4.69, 9.17) is 27.9 Å². The standard InChI is InChI=1S/C26H22Cl2N2O4S/c1-2-34-24(31)16-35-19-13-11-18(12-14-19)29-26(33)23(15-20-21(27)9-6-10-22(20)28)30-25(32)17-7-4-3-5-8-17/h3-15H,2,16H2,1H3,(H,29,33)(H,30,32)/b23-15-. The molecule has 0 aliphatic rings. The Labute approximate surface area is 217 Å². The first kappa shape index (κ1) is 26.3. The van der Waals surface area contributed by atoms with Crippen molar-refractivity contribution in [1.29, 1.82) is 0 Å². The number of ether oxygens (including phenoxy) is 1. The predicted molar refractivity (Wildman–Crippen MR) is 141 cm³/mol. The third-order valence-electron chi connectivity index (χ3n) is 4.59. The van der Waals surface area contributed by atoms with Gasteiger partial charge in [-0.3, -0.25) is 14.4 Å². The normalized spacial score (nSPS) is 11.0. The smallest absolute Gasteiger partial charge is 0.316 e. The van der Waals surface area contributed by atoms with Crippen LogP contribution >= 0.6 is 35.0 Å². The van der Waals surface area contributed by atoms with Crippen molar-refractivity contribution < 1.29 is 19.1 Å². The molecule has 0 atom stereocenters. The van der Waals surface area contributed by atoms with E-state index in [2.05, 4.69) is 10.6 Å². The lowest BCUT2D eigenvalue weighted by Crippen LogP contribution is -2.30. The van der Waals surface area contributed by atoms with Gasteiger partial charge in [0.15, 0.2) is 0 Å². The minimum atomic E-state index is -0.558. The van der Waals surface area contributed by atoms with Crippen molar-refractivity contribution in [3.8, 4) is 0 Å². The quantitative estimate of drug-likeness (QED) is 0.200. The number of halogens is 2. The van der Waals surface area contributed by atoms with Crippen LogP contribution in [0.25, 0.3) is 6.08 Å². The molecule has 0 aromatic heterocycles. The molecular formula is C26H22Cl2N2O4S. The van der Waals surface area contributed by atoms with Gasteiger partial charge in [-0.2, -0.15) is 0 Å². The Hall–Kier alpha value is -3.26. The van der Waals surface area contributed by atoms with Gasteiger partial charge in [-0.25, -0.2) is 0 Å². The van der Waals surface area contributed by atoms with Crippen molar-refractivity contribution in [3.63, 3.8) is 0 Å². The number of carbonyl (C=O) groups excluding carboxylic acids is 3. The molecular weight excluding hydrogens is 507 g/mol. The van der Waals surface area contributed by atoms with Crippen molar-refractivity contribution in [1.82, 2.24) is 5.32 Å². The molecule has 0 aliphatic carbocycles. The first-order chi connectivity index (χ1) is 16.9. The molecule has 0 bridgehead atoms. The van der Waals surface area contributed by atoms with E-state index >= 15 is 0 Å². The Kier molecular flexibility index (Phi) is 9.78. The largest absolute Gasteiger partial charge is 0.465 e. The van der Waals surface area contributed by atoms with Crippen LogP contribution in [-0.4, -0.2) is 30.1 Å². The zero-order valence-corrected chi connectivity index (χ0v) is 21.0. The molecule has 9 heteroatoms. The summed E-state index contributed by atoms with van der Waals surface area (Å²) in [4.78, 5) is 38.3. The molecule has 0 heterocycles.